The minimum atomic E-state index is 0.569. The minimum Gasteiger partial charge on any atom is -0.493 e. The first-order chi connectivity index (χ1) is 7.74. The normalized spacial score (nSPS) is 12.1. The lowest BCUT2D eigenvalue weighted by atomic mass is 10.1. The molecule has 0 aliphatic carbocycles. The first-order valence-electron chi connectivity index (χ1n) is 5.69. The third-order valence-corrected chi connectivity index (χ3v) is 2.80. The molecule has 0 radical (unpaired) electrons. The number of ether oxygens (including phenoxy) is 1. The van der Waals surface area contributed by atoms with Crippen LogP contribution in [-0.4, -0.2) is 11.4 Å². The van der Waals surface area contributed by atoms with E-state index in [1.165, 1.54) is 5.56 Å². The maximum absolute atomic E-state index is 5.77. The number of allylic oxidation sites excluding steroid dienone is 1. The molecular formula is C14H19BrO. The lowest BCUT2D eigenvalue weighted by molar-refractivity contribution is 0.304. The van der Waals surface area contributed by atoms with E-state index in [1.54, 1.807) is 0 Å². The van der Waals surface area contributed by atoms with E-state index in [9.17, 15) is 0 Å². The van der Waals surface area contributed by atoms with Gasteiger partial charge in [-0.1, -0.05) is 47.1 Å². The molecule has 1 aromatic rings. The molecular weight excluding hydrogens is 264 g/mol. The van der Waals surface area contributed by atoms with Gasteiger partial charge < -0.3 is 4.74 Å². The number of halogens is 1. The van der Waals surface area contributed by atoms with Gasteiger partial charge in [-0.3, -0.25) is 0 Å². The summed E-state index contributed by atoms with van der Waals surface area (Å²) in [7, 11) is 0. The largest absolute Gasteiger partial charge is 0.493 e. The van der Waals surface area contributed by atoms with Crippen molar-refractivity contribution in [1.29, 1.82) is 0 Å². The zero-order valence-corrected chi connectivity index (χ0v) is 11.4. The van der Waals surface area contributed by atoms with Gasteiger partial charge in [-0.25, -0.2) is 0 Å². The summed E-state index contributed by atoms with van der Waals surface area (Å²) < 4.78 is 5.77. The van der Waals surface area contributed by atoms with Crippen molar-refractivity contribution in [3.05, 3.63) is 42.5 Å². The second-order valence-corrected chi connectivity index (χ2v) is 5.44. The predicted octanol–water partition coefficient (Wildman–Crippen LogP) is 4.36. The van der Waals surface area contributed by atoms with Crippen LogP contribution >= 0.6 is 15.9 Å². The second-order valence-electron chi connectivity index (χ2n) is 3.87. The number of hydrogen-bond acceptors (Lipinski definition) is 1. The van der Waals surface area contributed by atoms with Gasteiger partial charge in [-0.2, -0.15) is 0 Å². The maximum atomic E-state index is 5.77. The van der Waals surface area contributed by atoms with Crippen molar-refractivity contribution in [3.8, 4) is 5.75 Å². The van der Waals surface area contributed by atoms with Crippen LogP contribution in [0.25, 0.3) is 0 Å². The molecule has 0 fully saturated rings. The molecule has 88 valence electrons. The van der Waals surface area contributed by atoms with Crippen LogP contribution < -0.4 is 4.74 Å². The van der Waals surface area contributed by atoms with Crippen LogP contribution in [0.4, 0.5) is 0 Å². The Morgan fingerprint density at radius 1 is 1.44 bits per heavy atom. The van der Waals surface area contributed by atoms with Crippen LogP contribution in [0.15, 0.2) is 36.9 Å². The molecule has 0 heterocycles. The Labute approximate surface area is 107 Å². The summed E-state index contributed by atoms with van der Waals surface area (Å²) in [6.07, 6.45) is 4.99. The lowest BCUT2D eigenvalue weighted by Gasteiger charge is -2.10. The van der Waals surface area contributed by atoms with E-state index < -0.39 is 0 Å². The minimum absolute atomic E-state index is 0.569. The fourth-order valence-electron chi connectivity index (χ4n) is 1.52. The van der Waals surface area contributed by atoms with Crippen molar-refractivity contribution in [2.45, 2.75) is 31.0 Å². The van der Waals surface area contributed by atoms with E-state index in [2.05, 4.69) is 35.5 Å². The number of para-hydroxylation sites is 1. The van der Waals surface area contributed by atoms with E-state index in [4.69, 9.17) is 4.74 Å². The van der Waals surface area contributed by atoms with Crippen molar-refractivity contribution in [2.75, 3.05) is 6.61 Å². The van der Waals surface area contributed by atoms with E-state index >= 15 is 0 Å². The first kappa shape index (κ1) is 13.3. The van der Waals surface area contributed by atoms with Crippen LogP contribution in [0.2, 0.25) is 0 Å². The van der Waals surface area contributed by atoms with Gasteiger partial charge in [0.25, 0.3) is 0 Å². The molecule has 1 atom stereocenters. The molecule has 16 heavy (non-hydrogen) atoms. The van der Waals surface area contributed by atoms with E-state index in [1.807, 2.05) is 24.3 Å². The fourth-order valence-corrected chi connectivity index (χ4v) is 1.84. The predicted molar refractivity (Wildman–Crippen MR) is 73.5 cm³/mol. The van der Waals surface area contributed by atoms with Crippen molar-refractivity contribution in [3.63, 3.8) is 0 Å². The average molecular weight is 283 g/mol. The van der Waals surface area contributed by atoms with E-state index in [0.717, 1.165) is 31.6 Å². The van der Waals surface area contributed by atoms with Gasteiger partial charge in [0, 0.05) is 4.83 Å². The standard InChI is InChI=1S/C14H19BrO/c1-3-7-13-9-4-5-10-14(13)16-11-6-8-12(2)15/h3-5,9-10,12H,1,6-8,11H2,2H3. The Morgan fingerprint density at radius 2 is 2.19 bits per heavy atom. The third-order valence-electron chi connectivity index (χ3n) is 2.34. The summed E-state index contributed by atoms with van der Waals surface area (Å²) in [5.74, 6) is 0.990. The summed E-state index contributed by atoms with van der Waals surface area (Å²) in [4.78, 5) is 0.569. The van der Waals surface area contributed by atoms with Crippen LogP contribution in [-0.2, 0) is 6.42 Å². The molecule has 0 saturated carbocycles. The molecule has 0 saturated heterocycles. The zero-order valence-electron chi connectivity index (χ0n) is 9.79. The van der Waals surface area contributed by atoms with E-state index in [-0.39, 0.29) is 0 Å². The lowest BCUT2D eigenvalue weighted by Crippen LogP contribution is -2.02. The molecule has 0 aromatic heterocycles. The Kier molecular flexibility index (Phi) is 6.24. The monoisotopic (exact) mass is 282 g/mol. The smallest absolute Gasteiger partial charge is 0.122 e. The van der Waals surface area contributed by atoms with Crippen LogP contribution in [0.1, 0.15) is 25.3 Å². The van der Waals surface area contributed by atoms with Gasteiger partial charge in [0.2, 0.25) is 0 Å². The molecule has 0 N–H and O–H groups in total. The quantitative estimate of drug-likeness (QED) is 0.410. The third kappa shape index (κ3) is 4.84. The second kappa shape index (κ2) is 7.50. The number of alkyl halides is 1. The molecule has 1 aromatic carbocycles. The molecule has 0 amide bonds. The highest BCUT2D eigenvalue weighted by atomic mass is 79.9. The van der Waals surface area contributed by atoms with Gasteiger partial charge in [0.15, 0.2) is 0 Å². The van der Waals surface area contributed by atoms with Gasteiger partial charge in [-0.05, 0) is 30.9 Å². The molecule has 0 spiro atoms. The average Bonchev–Trinajstić information content (AvgIpc) is 2.26. The Balaban J connectivity index is 2.43. The summed E-state index contributed by atoms with van der Waals surface area (Å²) in [6, 6.07) is 8.15. The van der Waals surface area contributed by atoms with Gasteiger partial charge in [0.1, 0.15) is 5.75 Å². The summed E-state index contributed by atoms with van der Waals surface area (Å²) in [5.41, 5.74) is 1.21. The van der Waals surface area contributed by atoms with E-state index in [0.29, 0.717) is 4.83 Å². The summed E-state index contributed by atoms with van der Waals surface area (Å²) in [5, 5.41) is 0. The highest BCUT2D eigenvalue weighted by Crippen LogP contribution is 2.19. The molecule has 1 rings (SSSR count). The molecule has 0 aliphatic heterocycles. The maximum Gasteiger partial charge on any atom is 0.122 e. The van der Waals surface area contributed by atoms with Crippen molar-refractivity contribution in [1.82, 2.24) is 0 Å². The van der Waals surface area contributed by atoms with Crippen LogP contribution in [0.3, 0.4) is 0 Å². The first-order valence-corrected chi connectivity index (χ1v) is 6.61. The number of hydrogen-bond donors (Lipinski definition) is 0. The van der Waals surface area contributed by atoms with Crippen molar-refractivity contribution in [2.24, 2.45) is 0 Å². The fraction of sp³-hybridized carbons (Fsp3) is 0.429. The number of benzene rings is 1. The highest BCUT2D eigenvalue weighted by molar-refractivity contribution is 9.09. The summed E-state index contributed by atoms with van der Waals surface area (Å²) >= 11 is 3.53. The summed E-state index contributed by atoms with van der Waals surface area (Å²) in [6.45, 7) is 6.70. The zero-order chi connectivity index (χ0) is 11.8. The Bertz CT molecular complexity index is 320. The molecule has 0 aliphatic rings. The van der Waals surface area contributed by atoms with Crippen LogP contribution in [0, 0.1) is 0 Å². The number of rotatable bonds is 7. The topological polar surface area (TPSA) is 9.23 Å². The molecule has 0 bridgehead atoms. The van der Waals surface area contributed by atoms with Crippen molar-refractivity contribution >= 4 is 15.9 Å². The Morgan fingerprint density at radius 3 is 2.88 bits per heavy atom. The Hall–Kier alpha value is -0.760. The van der Waals surface area contributed by atoms with Crippen molar-refractivity contribution < 1.29 is 4.74 Å². The molecule has 1 unspecified atom stereocenters. The van der Waals surface area contributed by atoms with Gasteiger partial charge >= 0.3 is 0 Å². The molecule has 2 heteroatoms. The SMILES string of the molecule is C=CCc1ccccc1OCCCC(C)Br. The van der Waals surface area contributed by atoms with Gasteiger partial charge in [0.05, 0.1) is 6.61 Å². The molecule has 1 nitrogen and oxygen atoms in total. The highest BCUT2D eigenvalue weighted by Gasteiger charge is 2.01. The van der Waals surface area contributed by atoms with Crippen LogP contribution in [0.5, 0.6) is 5.75 Å². The van der Waals surface area contributed by atoms with Gasteiger partial charge in [-0.15, -0.1) is 6.58 Å².